The summed E-state index contributed by atoms with van der Waals surface area (Å²) >= 11 is 0. The lowest BCUT2D eigenvalue weighted by atomic mass is 9.99. The molecule has 0 bridgehead atoms. The molecule has 0 aliphatic carbocycles. The lowest BCUT2D eigenvalue weighted by molar-refractivity contribution is -0.161. The number of rotatable bonds is 81. The van der Waals surface area contributed by atoms with Crippen molar-refractivity contribution >= 4 is 39.5 Å². The van der Waals surface area contributed by atoms with E-state index in [1.165, 1.54) is 250 Å². The average Bonchev–Trinajstić information content (AvgIpc) is 0.978. The Labute approximate surface area is 619 Å². The van der Waals surface area contributed by atoms with Crippen LogP contribution in [-0.4, -0.2) is 96.7 Å². The van der Waals surface area contributed by atoms with Crippen molar-refractivity contribution in [2.75, 3.05) is 39.6 Å². The van der Waals surface area contributed by atoms with E-state index in [2.05, 4.69) is 41.5 Å². The number of aliphatic hydroxyl groups is 1. The zero-order chi connectivity index (χ0) is 74.2. The zero-order valence-electron chi connectivity index (χ0n) is 66.2. The van der Waals surface area contributed by atoms with Gasteiger partial charge in [-0.3, -0.25) is 37.3 Å². The van der Waals surface area contributed by atoms with Crippen LogP contribution in [0.25, 0.3) is 0 Å². The SMILES string of the molecule is CCCCCCCCCCCCCCCCCCCC(=O)OC[C@H](COP(=O)(O)OC[C@@H](O)COP(=O)(O)OC[C@@H](COC(=O)CCCCCCCCCCCC)OC(=O)CCCCCCCCCCCC(C)C)OC(=O)CCCCCCCCCCCCCCCCCCCCC(C)CC. The first-order valence-corrected chi connectivity index (χ1v) is 45.5. The molecule has 0 spiro atoms. The second kappa shape index (κ2) is 73.6. The monoisotopic (exact) mass is 1480 g/mol. The summed E-state index contributed by atoms with van der Waals surface area (Å²) in [7, 11) is -9.92. The Kier molecular flexibility index (Phi) is 72.2. The van der Waals surface area contributed by atoms with Crippen molar-refractivity contribution in [3.05, 3.63) is 0 Å². The van der Waals surface area contributed by atoms with E-state index >= 15 is 0 Å². The normalized spacial score (nSPS) is 14.2. The van der Waals surface area contributed by atoms with Gasteiger partial charge >= 0.3 is 39.5 Å². The number of ether oxygens (including phenoxy) is 4. The molecule has 0 fully saturated rings. The van der Waals surface area contributed by atoms with Gasteiger partial charge in [-0.05, 0) is 37.5 Å². The maximum atomic E-state index is 13.1. The molecule has 0 heterocycles. The molecule has 6 atom stereocenters. The summed E-state index contributed by atoms with van der Waals surface area (Å²) in [6, 6.07) is 0. The number of aliphatic hydroxyl groups excluding tert-OH is 1. The van der Waals surface area contributed by atoms with E-state index in [0.29, 0.717) is 25.7 Å². The van der Waals surface area contributed by atoms with E-state index in [-0.39, 0.29) is 25.7 Å². The minimum absolute atomic E-state index is 0.106. The Morgan fingerprint density at radius 3 is 0.752 bits per heavy atom. The van der Waals surface area contributed by atoms with Crippen LogP contribution in [0.4, 0.5) is 0 Å². The Bertz CT molecular complexity index is 1940. The van der Waals surface area contributed by atoms with Crippen molar-refractivity contribution in [3.8, 4) is 0 Å². The van der Waals surface area contributed by atoms with Gasteiger partial charge in [0.1, 0.15) is 19.3 Å². The third kappa shape index (κ3) is 74.7. The number of phosphoric ester groups is 2. The van der Waals surface area contributed by atoms with E-state index in [1.54, 1.807) is 0 Å². The predicted octanol–water partition coefficient (Wildman–Crippen LogP) is 24.7. The highest BCUT2D eigenvalue weighted by molar-refractivity contribution is 7.47. The third-order valence-corrected chi connectivity index (χ3v) is 21.5. The minimum Gasteiger partial charge on any atom is -0.462 e. The molecule has 3 unspecified atom stereocenters. The highest BCUT2D eigenvalue weighted by Gasteiger charge is 2.30. The van der Waals surface area contributed by atoms with Gasteiger partial charge in [0.05, 0.1) is 26.4 Å². The fourth-order valence-electron chi connectivity index (χ4n) is 12.7. The summed E-state index contributed by atoms with van der Waals surface area (Å²) in [5.41, 5.74) is 0. The molecule has 101 heavy (non-hydrogen) atoms. The highest BCUT2D eigenvalue weighted by atomic mass is 31.2. The largest absolute Gasteiger partial charge is 0.472 e. The van der Waals surface area contributed by atoms with Gasteiger partial charge in [0, 0.05) is 25.7 Å². The number of hydrogen-bond acceptors (Lipinski definition) is 15. The minimum atomic E-state index is -4.96. The first-order valence-electron chi connectivity index (χ1n) is 42.5. The maximum Gasteiger partial charge on any atom is 0.472 e. The summed E-state index contributed by atoms with van der Waals surface area (Å²) in [6.07, 6.45) is 63.9. The summed E-state index contributed by atoms with van der Waals surface area (Å²) < 4.78 is 68.7. The Balaban J connectivity index is 5.21. The van der Waals surface area contributed by atoms with E-state index in [1.807, 2.05) is 0 Å². The molecule has 0 rings (SSSR count). The molecule has 17 nitrogen and oxygen atoms in total. The predicted molar refractivity (Wildman–Crippen MR) is 414 cm³/mol. The molecule has 0 radical (unpaired) electrons. The van der Waals surface area contributed by atoms with Crippen LogP contribution < -0.4 is 0 Å². The quantitative estimate of drug-likeness (QED) is 0.0222. The van der Waals surface area contributed by atoms with Crippen LogP contribution in [0.3, 0.4) is 0 Å². The number of unbranched alkanes of at least 4 members (excludes halogenated alkanes) is 50. The number of hydrogen-bond donors (Lipinski definition) is 3. The van der Waals surface area contributed by atoms with Gasteiger partial charge in [0.2, 0.25) is 0 Å². The zero-order valence-corrected chi connectivity index (χ0v) is 68.0. The van der Waals surface area contributed by atoms with Crippen molar-refractivity contribution in [2.24, 2.45) is 11.8 Å². The first-order chi connectivity index (χ1) is 48.9. The van der Waals surface area contributed by atoms with Gasteiger partial charge in [0.25, 0.3) is 0 Å². The second-order valence-electron chi connectivity index (χ2n) is 30.2. The fraction of sp³-hybridized carbons (Fsp3) is 0.951. The summed E-state index contributed by atoms with van der Waals surface area (Å²) in [4.78, 5) is 73.0. The van der Waals surface area contributed by atoms with Crippen LogP contribution in [0.1, 0.15) is 433 Å². The molecule has 3 N–H and O–H groups in total. The summed E-state index contributed by atoms with van der Waals surface area (Å²) in [5.74, 6) is -0.501. The van der Waals surface area contributed by atoms with Crippen molar-refractivity contribution in [1.82, 2.24) is 0 Å². The molecule has 0 aliphatic heterocycles. The van der Waals surface area contributed by atoms with E-state index in [0.717, 1.165) is 102 Å². The molecular formula is C82H160O17P2. The highest BCUT2D eigenvalue weighted by Crippen LogP contribution is 2.45. The molecule has 19 heteroatoms. The van der Waals surface area contributed by atoms with Gasteiger partial charge in [0.15, 0.2) is 12.2 Å². The summed E-state index contributed by atoms with van der Waals surface area (Å²) in [6.45, 7) is 9.67. The van der Waals surface area contributed by atoms with Crippen molar-refractivity contribution in [1.29, 1.82) is 0 Å². The van der Waals surface area contributed by atoms with E-state index < -0.39 is 97.5 Å². The molecule has 0 aromatic rings. The van der Waals surface area contributed by atoms with Gasteiger partial charge in [-0.2, -0.15) is 0 Å². The molecule has 0 saturated heterocycles. The first kappa shape index (κ1) is 99.1. The molecule has 0 aromatic heterocycles. The van der Waals surface area contributed by atoms with Crippen LogP contribution in [0.5, 0.6) is 0 Å². The molecule has 0 saturated carbocycles. The van der Waals surface area contributed by atoms with Gasteiger partial charge in [-0.25, -0.2) is 9.13 Å². The van der Waals surface area contributed by atoms with Gasteiger partial charge in [-0.15, -0.1) is 0 Å². The fourth-order valence-corrected chi connectivity index (χ4v) is 14.3. The summed E-state index contributed by atoms with van der Waals surface area (Å²) in [5, 5.41) is 10.6. The van der Waals surface area contributed by atoms with E-state index in [9.17, 15) is 43.2 Å². The smallest absolute Gasteiger partial charge is 0.462 e. The molecule has 0 aromatic carbocycles. The molecule has 0 amide bonds. The lowest BCUT2D eigenvalue weighted by Crippen LogP contribution is -2.30. The third-order valence-electron chi connectivity index (χ3n) is 19.6. The van der Waals surface area contributed by atoms with Crippen LogP contribution >= 0.6 is 15.6 Å². The average molecular weight is 1480 g/mol. The van der Waals surface area contributed by atoms with Crippen molar-refractivity contribution < 1.29 is 80.2 Å². The standard InChI is InChI=1S/C82H160O17P2/c1-7-10-12-14-16-18-20-21-22-25-29-32-35-41-47-53-59-65-80(85)93-71-77(98-81(86)66-60-54-48-42-36-33-30-27-24-23-26-28-31-34-39-45-51-57-63-75(6)9-3)72-96-100(88,89)94-68-76(83)69-95-101(90,91)97-73-78(70-92-79(84)64-58-52-46-40-19-17-15-13-11-8-2)99-82(87)67-61-55-49-43-37-38-44-50-56-62-74(4)5/h74-78,83H,7-73H2,1-6H3,(H,88,89)(H,90,91)/t75?,76-,77-,78-/m1/s1. The number of phosphoric acid groups is 2. The van der Waals surface area contributed by atoms with Crippen molar-refractivity contribution in [2.45, 2.75) is 452 Å². The van der Waals surface area contributed by atoms with Crippen LogP contribution in [0, 0.1) is 11.8 Å². The number of esters is 4. The maximum absolute atomic E-state index is 13.1. The molecule has 0 aliphatic rings. The Morgan fingerprint density at radius 1 is 0.287 bits per heavy atom. The van der Waals surface area contributed by atoms with E-state index in [4.69, 9.17) is 37.0 Å². The van der Waals surface area contributed by atoms with Gasteiger partial charge < -0.3 is 33.8 Å². The van der Waals surface area contributed by atoms with Crippen LogP contribution in [0.15, 0.2) is 0 Å². The van der Waals surface area contributed by atoms with Crippen LogP contribution in [0.2, 0.25) is 0 Å². The Morgan fingerprint density at radius 2 is 0.505 bits per heavy atom. The van der Waals surface area contributed by atoms with Crippen molar-refractivity contribution in [3.63, 3.8) is 0 Å². The number of carbonyl (C=O) groups excluding carboxylic acids is 4. The van der Waals surface area contributed by atoms with Crippen LogP contribution in [-0.2, 0) is 65.4 Å². The second-order valence-corrected chi connectivity index (χ2v) is 33.1. The Hall–Kier alpha value is -1.94. The van der Waals surface area contributed by atoms with Gasteiger partial charge in [-0.1, -0.05) is 382 Å². The topological polar surface area (TPSA) is 237 Å². The molecular weight excluding hydrogens is 1320 g/mol. The number of carbonyl (C=O) groups is 4. The lowest BCUT2D eigenvalue weighted by Gasteiger charge is -2.21. The molecule has 600 valence electrons.